The number of para-hydroxylation sites is 1. The maximum Gasteiger partial charge on any atom is 0.233 e. The SMILES string of the molecule is COc1ccccc1-c1nnc(SC(C)C(=O)NCCC2=CCCCC2)n1C. The van der Waals surface area contributed by atoms with Crippen LogP contribution in [0.5, 0.6) is 5.75 Å². The minimum atomic E-state index is -0.242. The molecule has 1 N–H and O–H groups in total. The van der Waals surface area contributed by atoms with E-state index in [2.05, 4.69) is 21.6 Å². The monoisotopic (exact) mass is 400 g/mol. The number of hydrogen-bond acceptors (Lipinski definition) is 5. The summed E-state index contributed by atoms with van der Waals surface area (Å²) in [5.74, 6) is 1.50. The molecule has 1 aromatic heterocycles. The Labute approximate surface area is 170 Å². The quantitative estimate of drug-likeness (QED) is 0.536. The van der Waals surface area contributed by atoms with Gasteiger partial charge in [0.15, 0.2) is 11.0 Å². The Morgan fingerprint density at radius 2 is 2.14 bits per heavy atom. The van der Waals surface area contributed by atoms with Crippen molar-refractivity contribution < 1.29 is 9.53 Å². The van der Waals surface area contributed by atoms with E-state index >= 15 is 0 Å². The highest BCUT2D eigenvalue weighted by atomic mass is 32.2. The van der Waals surface area contributed by atoms with Crippen LogP contribution >= 0.6 is 11.8 Å². The molecule has 1 aliphatic carbocycles. The van der Waals surface area contributed by atoms with Crippen molar-refractivity contribution in [2.75, 3.05) is 13.7 Å². The van der Waals surface area contributed by atoms with Crippen molar-refractivity contribution in [3.8, 4) is 17.1 Å². The van der Waals surface area contributed by atoms with Gasteiger partial charge in [-0.1, -0.05) is 35.5 Å². The third-order valence-corrected chi connectivity index (χ3v) is 6.10. The van der Waals surface area contributed by atoms with Crippen LogP contribution < -0.4 is 10.1 Å². The van der Waals surface area contributed by atoms with Gasteiger partial charge in [0.05, 0.1) is 17.9 Å². The summed E-state index contributed by atoms with van der Waals surface area (Å²) in [7, 11) is 3.55. The molecule has 1 atom stereocenters. The summed E-state index contributed by atoms with van der Waals surface area (Å²) in [4.78, 5) is 12.4. The summed E-state index contributed by atoms with van der Waals surface area (Å²) in [6.07, 6.45) is 8.18. The lowest BCUT2D eigenvalue weighted by Crippen LogP contribution is -2.32. The van der Waals surface area contributed by atoms with E-state index < -0.39 is 0 Å². The zero-order valence-corrected chi connectivity index (χ0v) is 17.6. The van der Waals surface area contributed by atoms with Crippen molar-refractivity contribution in [2.24, 2.45) is 7.05 Å². The number of nitrogens with zero attached hydrogens (tertiary/aromatic N) is 3. The molecule has 3 rings (SSSR count). The fourth-order valence-corrected chi connectivity index (χ4v) is 4.15. The average Bonchev–Trinajstić information content (AvgIpc) is 3.08. The molecule has 0 aliphatic heterocycles. The number of ether oxygens (including phenoxy) is 1. The second kappa shape index (κ2) is 9.78. The average molecular weight is 401 g/mol. The van der Waals surface area contributed by atoms with Crippen LogP contribution in [-0.2, 0) is 11.8 Å². The standard InChI is InChI=1S/C21H28N4O2S/c1-15(20(26)22-14-13-16-9-5-4-6-10-16)28-21-24-23-19(25(21)2)17-11-7-8-12-18(17)27-3/h7-9,11-12,15H,4-6,10,13-14H2,1-3H3,(H,22,26). The van der Waals surface area contributed by atoms with E-state index in [4.69, 9.17) is 4.74 Å². The first-order valence-corrected chi connectivity index (χ1v) is 10.6. The third-order valence-electron chi connectivity index (χ3n) is 4.96. The van der Waals surface area contributed by atoms with Crippen molar-refractivity contribution in [1.82, 2.24) is 20.1 Å². The van der Waals surface area contributed by atoms with Crippen LogP contribution in [0.25, 0.3) is 11.4 Å². The maximum absolute atomic E-state index is 12.4. The summed E-state index contributed by atoms with van der Waals surface area (Å²) >= 11 is 1.42. The zero-order chi connectivity index (χ0) is 19.9. The number of thioether (sulfide) groups is 1. The van der Waals surface area contributed by atoms with Gasteiger partial charge in [-0.15, -0.1) is 10.2 Å². The highest BCUT2D eigenvalue weighted by Crippen LogP contribution is 2.31. The number of benzene rings is 1. The molecule has 0 bridgehead atoms. The maximum atomic E-state index is 12.4. The first-order valence-electron chi connectivity index (χ1n) is 9.75. The second-order valence-corrected chi connectivity index (χ2v) is 8.28. The molecule has 0 fully saturated rings. The van der Waals surface area contributed by atoms with Crippen molar-refractivity contribution in [1.29, 1.82) is 0 Å². The van der Waals surface area contributed by atoms with E-state index in [0.29, 0.717) is 11.7 Å². The predicted octanol–water partition coefficient (Wildman–Crippen LogP) is 3.98. The van der Waals surface area contributed by atoms with Gasteiger partial charge in [-0.25, -0.2) is 0 Å². The van der Waals surface area contributed by atoms with E-state index in [1.807, 2.05) is 42.8 Å². The van der Waals surface area contributed by atoms with E-state index in [1.54, 1.807) is 7.11 Å². The molecule has 1 heterocycles. The Balaban J connectivity index is 1.58. The fourth-order valence-electron chi connectivity index (χ4n) is 3.31. The Morgan fingerprint density at radius 1 is 1.32 bits per heavy atom. The number of methoxy groups -OCH3 is 1. The lowest BCUT2D eigenvalue weighted by atomic mass is 9.97. The first-order chi connectivity index (χ1) is 13.6. The largest absolute Gasteiger partial charge is 0.496 e. The molecule has 1 amide bonds. The molecule has 0 saturated heterocycles. The minimum absolute atomic E-state index is 0.0308. The number of rotatable bonds is 8. The van der Waals surface area contributed by atoms with E-state index in [1.165, 1.54) is 43.0 Å². The molecule has 7 heteroatoms. The summed E-state index contributed by atoms with van der Waals surface area (Å²) in [6, 6.07) is 7.71. The Morgan fingerprint density at radius 3 is 2.89 bits per heavy atom. The van der Waals surface area contributed by atoms with Gasteiger partial charge in [0.2, 0.25) is 5.91 Å². The van der Waals surface area contributed by atoms with Crippen LogP contribution in [-0.4, -0.2) is 39.6 Å². The normalized spacial score (nSPS) is 15.0. The van der Waals surface area contributed by atoms with E-state index in [9.17, 15) is 4.79 Å². The minimum Gasteiger partial charge on any atom is -0.496 e. The Kier molecular flexibility index (Phi) is 7.14. The Bertz CT molecular complexity index is 847. The number of hydrogen-bond donors (Lipinski definition) is 1. The molecular formula is C21H28N4O2S. The van der Waals surface area contributed by atoms with Crippen molar-refractivity contribution in [2.45, 2.75) is 49.4 Å². The van der Waals surface area contributed by atoms with Gasteiger partial charge >= 0.3 is 0 Å². The fraction of sp³-hybridized carbons (Fsp3) is 0.476. The van der Waals surface area contributed by atoms with Crippen molar-refractivity contribution in [3.05, 3.63) is 35.9 Å². The third kappa shape index (κ3) is 4.95. The van der Waals surface area contributed by atoms with E-state index in [-0.39, 0.29) is 11.2 Å². The topological polar surface area (TPSA) is 69.0 Å². The van der Waals surface area contributed by atoms with Crippen molar-refractivity contribution >= 4 is 17.7 Å². The molecule has 1 aromatic carbocycles. The lowest BCUT2D eigenvalue weighted by molar-refractivity contribution is -0.120. The first kappa shape index (κ1) is 20.5. The molecule has 6 nitrogen and oxygen atoms in total. The molecule has 0 spiro atoms. The molecule has 0 saturated carbocycles. The molecule has 2 aromatic rings. The highest BCUT2D eigenvalue weighted by Gasteiger charge is 2.20. The number of carbonyl (C=O) groups is 1. The molecule has 28 heavy (non-hydrogen) atoms. The Hall–Kier alpha value is -2.28. The van der Waals surface area contributed by atoms with Gasteiger partial charge in [0, 0.05) is 13.6 Å². The van der Waals surface area contributed by atoms with Crippen LogP contribution in [0.2, 0.25) is 0 Å². The lowest BCUT2D eigenvalue weighted by Gasteiger charge is -2.15. The van der Waals surface area contributed by atoms with Crippen molar-refractivity contribution in [3.63, 3.8) is 0 Å². The van der Waals surface area contributed by atoms with Gasteiger partial charge < -0.3 is 14.6 Å². The van der Waals surface area contributed by atoms with Crippen LogP contribution in [0.1, 0.15) is 39.0 Å². The zero-order valence-electron chi connectivity index (χ0n) is 16.8. The number of carbonyl (C=O) groups excluding carboxylic acids is 1. The second-order valence-electron chi connectivity index (χ2n) is 6.97. The molecule has 150 valence electrons. The van der Waals surface area contributed by atoms with Crippen LogP contribution in [0, 0.1) is 0 Å². The van der Waals surface area contributed by atoms with E-state index in [0.717, 1.165) is 23.6 Å². The van der Waals surface area contributed by atoms with Gasteiger partial charge in [-0.05, 0) is 51.2 Å². The number of aromatic nitrogens is 3. The summed E-state index contributed by atoms with van der Waals surface area (Å²) < 4.78 is 7.32. The molecular weight excluding hydrogens is 372 g/mol. The van der Waals surface area contributed by atoms with Gasteiger partial charge in [-0.3, -0.25) is 4.79 Å². The van der Waals surface area contributed by atoms with Gasteiger partial charge in [-0.2, -0.15) is 0 Å². The summed E-state index contributed by atoms with van der Waals surface area (Å²) in [6.45, 7) is 2.60. The molecule has 0 radical (unpaired) electrons. The van der Waals surface area contributed by atoms with Crippen LogP contribution in [0.4, 0.5) is 0 Å². The summed E-state index contributed by atoms with van der Waals surface area (Å²) in [5, 5.41) is 12.1. The number of allylic oxidation sites excluding steroid dienone is 1. The predicted molar refractivity (Wildman–Crippen MR) is 112 cm³/mol. The van der Waals surface area contributed by atoms with Gasteiger partial charge in [0.1, 0.15) is 5.75 Å². The highest BCUT2D eigenvalue weighted by molar-refractivity contribution is 8.00. The smallest absolute Gasteiger partial charge is 0.233 e. The van der Waals surface area contributed by atoms with Gasteiger partial charge in [0.25, 0.3) is 0 Å². The summed E-state index contributed by atoms with van der Waals surface area (Å²) in [5.41, 5.74) is 2.35. The molecule has 1 unspecified atom stereocenters. The van der Waals surface area contributed by atoms with Crippen LogP contribution in [0.15, 0.2) is 41.1 Å². The molecule has 1 aliphatic rings. The number of amides is 1. The number of nitrogens with one attached hydrogen (secondary N) is 1. The van der Waals surface area contributed by atoms with Crippen LogP contribution in [0.3, 0.4) is 0 Å².